The molecule has 3 heteroatoms. The largest absolute Gasteiger partial charge is 0.352 e. The summed E-state index contributed by atoms with van der Waals surface area (Å²) in [5.74, 6) is 1.52. The molecule has 0 aromatic carbocycles. The number of nitrogens with zero attached hydrogens (tertiary/aromatic N) is 1. The van der Waals surface area contributed by atoms with Gasteiger partial charge in [0.2, 0.25) is 0 Å². The first-order valence-electron chi connectivity index (χ1n) is 6.44. The van der Waals surface area contributed by atoms with Gasteiger partial charge in [0.1, 0.15) is 0 Å². The van der Waals surface area contributed by atoms with Crippen molar-refractivity contribution in [3.05, 3.63) is 30.1 Å². The van der Waals surface area contributed by atoms with Gasteiger partial charge in [-0.3, -0.25) is 9.78 Å². The van der Waals surface area contributed by atoms with Crippen molar-refractivity contribution >= 4 is 5.91 Å². The minimum Gasteiger partial charge on any atom is -0.352 e. The van der Waals surface area contributed by atoms with Gasteiger partial charge in [0.15, 0.2) is 0 Å². The van der Waals surface area contributed by atoms with E-state index in [4.69, 9.17) is 0 Å². The molecular weight excluding hydrogens is 212 g/mol. The monoisotopic (exact) mass is 232 g/mol. The molecule has 1 aromatic rings. The molecule has 1 saturated carbocycles. The first-order valence-corrected chi connectivity index (χ1v) is 6.44. The van der Waals surface area contributed by atoms with E-state index >= 15 is 0 Å². The quantitative estimate of drug-likeness (QED) is 0.870. The fourth-order valence-electron chi connectivity index (χ4n) is 2.37. The molecule has 1 aliphatic rings. The second kappa shape index (κ2) is 5.80. The third kappa shape index (κ3) is 3.55. The molecule has 0 unspecified atom stereocenters. The van der Waals surface area contributed by atoms with Crippen molar-refractivity contribution in [2.24, 2.45) is 11.8 Å². The van der Waals surface area contributed by atoms with E-state index < -0.39 is 0 Å². The third-order valence-electron chi connectivity index (χ3n) is 3.61. The van der Waals surface area contributed by atoms with Crippen LogP contribution in [0.4, 0.5) is 0 Å². The van der Waals surface area contributed by atoms with Gasteiger partial charge in [0.25, 0.3) is 5.91 Å². The average molecular weight is 232 g/mol. The van der Waals surface area contributed by atoms with Gasteiger partial charge in [-0.1, -0.05) is 19.8 Å². The fourth-order valence-corrected chi connectivity index (χ4v) is 2.37. The van der Waals surface area contributed by atoms with Crippen LogP contribution in [-0.4, -0.2) is 17.4 Å². The highest BCUT2D eigenvalue weighted by Crippen LogP contribution is 2.27. The molecule has 1 N–H and O–H groups in total. The molecule has 2 rings (SSSR count). The van der Waals surface area contributed by atoms with Crippen LogP contribution in [0.25, 0.3) is 0 Å². The van der Waals surface area contributed by atoms with Crippen LogP contribution in [0.3, 0.4) is 0 Å². The van der Waals surface area contributed by atoms with E-state index in [9.17, 15) is 4.79 Å². The molecule has 0 radical (unpaired) electrons. The van der Waals surface area contributed by atoms with E-state index in [0.29, 0.717) is 11.5 Å². The lowest BCUT2D eigenvalue weighted by atomic mass is 9.83. The Morgan fingerprint density at radius 1 is 1.41 bits per heavy atom. The minimum absolute atomic E-state index is 0.00304. The Morgan fingerprint density at radius 3 is 2.82 bits per heavy atom. The van der Waals surface area contributed by atoms with Gasteiger partial charge in [-0.05, 0) is 36.8 Å². The second-order valence-electron chi connectivity index (χ2n) is 5.08. The zero-order valence-electron chi connectivity index (χ0n) is 10.4. The van der Waals surface area contributed by atoms with Crippen LogP contribution in [0.5, 0.6) is 0 Å². The summed E-state index contributed by atoms with van der Waals surface area (Å²) in [4.78, 5) is 15.8. The molecule has 1 fully saturated rings. The van der Waals surface area contributed by atoms with E-state index in [-0.39, 0.29) is 5.91 Å². The van der Waals surface area contributed by atoms with Crippen LogP contribution < -0.4 is 5.32 Å². The highest BCUT2D eigenvalue weighted by atomic mass is 16.1. The second-order valence-corrected chi connectivity index (χ2v) is 5.08. The Hall–Kier alpha value is -1.38. The number of hydrogen-bond donors (Lipinski definition) is 1. The molecule has 3 nitrogen and oxygen atoms in total. The van der Waals surface area contributed by atoms with E-state index in [1.807, 2.05) is 0 Å². The van der Waals surface area contributed by atoms with Crippen molar-refractivity contribution in [3.8, 4) is 0 Å². The van der Waals surface area contributed by atoms with E-state index in [0.717, 1.165) is 12.5 Å². The number of rotatable bonds is 3. The summed E-state index contributed by atoms with van der Waals surface area (Å²) in [6, 6.07) is 3.59. The molecule has 1 heterocycles. The number of aromatic nitrogens is 1. The molecule has 0 bridgehead atoms. The number of carbonyl (C=O) groups is 1. The molecule has 1 aromatic heterocycles. The number of hydrogen-bond acceptors (Lipinski definition) is 2. The summed E-state index contributed by atoms with van der Waals surface area (Å²) < 4.78 is 0. The summed E-state index contributed by atoms with van der Waals surface area (Å²) in [7, 11) is 0. The van der Waals surface area contributed by atoms with Crippen molar-refractivity contribution < 1.29 is 4.79 Å². The first kappa shape index (κ1) is 12.1. The Morgan fingerprint density at radius 2 is 2.18 bits per heavy atom. The van der Waals surface area contributed by atoms with Gasteiger partial charge >= 0.3 is 0 Å². The number of nitrogens with one attached hydrogen (secondary N) is 1. The Bertz CT molecular complexity index is 356. The normalized spacial score (nSPS) is 24.3. The molecule has 0 aliphatic heterocycles. The molecule has 0 atom stereocenters. The lowest BCUT2D eigenvalue weighted by Gasteiger charge is -2.26. The summed E-state index contributed by atoms with van der Waals surface area (Å²) >= 11 is 0. The Kier molecular flexibility index (Phi) is 4.13. The molecular formula is C14H20N2O. The van der Waals surface area contributed by atoms with Crippen LogP contribution >= 0.6 is 0 Å². The highest BCUT2D eigenvalue weighted by Gasteiger charge is 2.18. The lowest BCUT2D eigenvalue weighted by Crippen LogP contribution is -2.31. The highest BCUT2D eigenvalue weighted by molar-refractivity contribution is 5.93. The third-order valence-corrected chi connectivity index (χ3v) is 3.61. The molecule has 17 heavy (non-hydrogen) atoms. The number of amides is 1. The maximum absolute atomic E-state index is 11.8. The Labute approximate surface area is 103 Å². The number of pyridine rings is 1. The first-order chi connectivity index (χ1) is 8.25. The molecule has 0 saturated heterocycles. The SMILES string of the molecule is CC1CCC(CNC(=O)c2cccnc2)CC1. The van der Waals surface area contributed by atoms with Gasteiger partial charge < -0.3 is 5.32 Å². The predicted octanol–water partition coefficient (Wildman–Crippen LogP) is 2.64. The Balaban J connectivity index is 1.77. The molecule has 0 spiro atoms. The smallest absolute Gasteiger partial charge is 0.252 e. The fraction of sp³-hybridized carbons (Fsp3) is 0.571. The zero-order valence-corrected chi connectivity index (χ0v) is 10.4. The molecule has 92 valence electrons. The average Bonchev–Trinajstić information content (AvgIpc) is 2.39. The van der Waals surface area contributed by atoms with Gasteiger partial charge in [-0.15, -0.1) is 0 Å². The van der Waals surface area contributed by atoms with Gasteiger partial charge in [-0.2, -0.15) is 0 Å². The van der Waals surface area contributed by atoms with Gasteiger partial charge in [0.05, 0.1) is 5.56 Å². The summed E-state index contributed by atoms with van der Waals surface area (Å²) in [6.07, 6.45) is 8.38. The molecule has 1 aliphatic carbocycles. The topological polar surface area (TPSA) is 42.0 Å². The van der Waals surface area contributed by atoms with Gasteiger partial charge in [-0.25, -0.2) is 0 Å². The summed E-state index contributed by atoms with van der Waals surface area (Å²) in [5, 5.41) is 3.00. The van der Waals surface area contributed by atoms with E-state index in [1.54, 1.807) is 24.5 Å². The van der Waals surface area contributed by atoms with Crippen LogP contribution in [-0.2, 0) is 0 Å². The van der Waals surface area contributed by atoms with E-state index in [2.05, 4.69) is 17.2 Å². The number of carbonyl (C=O) groups excluding carboxylic acids is 1. The van der Waals surface area contributed by atoms with Crippen LogP contribution in [0.1, 0.15) is 43.0 Å². The van der Waals surface area contributed by atoms with Crippen LogP contribution in [0.2, 0.25) is 0 Å². The van der Waals surface area contributed by atoms with Gasteiger partial charge in [0, 0.05) is 18.9 Å². The predicted molar refractivity (Wildman–Crippen MR) is 67.7 cm³/mol. The minimum atomic E-state index is -0.00304. The maximum Gasteiger partial charge on any atom is 0.252 e. The van der Waals surface area contributed by atoms with Crippen LogP contribution in [0, 0.1) is 11.8 Å². The standard InChI is InChI=1S/C14H20N2O/c1-11-4-6-12(7-5-11)9-16-14(17)13-3-2-8-15-10-13/h2-3,8,10-12H,4-7,9H2,1H3,(H,16,17). The van der Waals surface area contributed by atoms with Crippen molar-refractivity contribution in [2.75, 3.05) is 6.54 Å². The van der Waals surface area contributed by atoms with Crippen molar-refractivity contribution in [1.29, 1.82) is 0 Å². The lowest BCUT2D eigenvalue weighted by molar-refractivity contribution is 0.0941. The summed E-state index contributed by atoms with van der Waals surface area (Å²) in [5.41, 5.74) is 0.650. The van der Waals surface area contributed by atoms with Crippen molar-refractivity contribution in [3.63, 3.8) is 0 Å². The van der Waals surface area contributed by atoms with Crippen molar-refractivity contribution in [2.45, 2.75) is 32.6 Å². The van der Waals surface area contributed by atoms with Crippen molar-refractivity contribution in [1.82, 2.24) is 10.3 Å². The zero-order chi connectivity index (χ0) is 12.1. The summed E-state index contributed by atoms with van der Waals surface area (Å²) in [6.45, 7) is 3.12. The van der Waals surface area contributed by atoms with Crippen LogP contribution in [0.15, 0.2) is 24.5 Å². The maximum atomic E-state index is 11.8. The van der Waals surface area contributed by atoms with E-state index in [1.165, 1.54) is 25.7 Å². The molecule has 1 amide bonds.